The van der Waals surface area contributed by atoms with E-state index in [1.54, 1.807) is 24.3 Å². The van der Waals surface area contributed by atoms with Gasteiger partial charge in [0, 0.05) is 34.8 Å². The summed E-state index contributed by atoms with van der Waals surface area (Å²) in [5, 5.41) is 16.4. The van der Waals surface area contributed by atoms with E-state index in [4.69, 9.17) is 4.42 Å². The summed E-state index contributed by atoms with van der Waals surface area (Å²) in [6.07, 6.45) is 0. The number of amides is 2. The highest BCUT2D eigenvalue weighted by molar-refractivity contribution is 6.00. The number of nitrogens with zero attached hydrogens (tertiary/aromatic N) is 1. The number of hydrogen-bond acceptors (Lipinski definition) is 6. The second-order valence-corrected chi connectivity index (χ2v) is 5.55. The first-order valence-electron chi connectivity index (χ1n) is 7.79. The van der Waals surface area contributed by atoms with Crippen molar-refractivity contribution in [1.82, 2.24) is 5.32 Å². The molecule has 9 heteroatoms. The van der Waals surface area contributed by atoms with Crippen LogP contribution < -0.4 is 16.3 Å². The zero-order valence-corrected chi connectivity index (χ0v) is 13.8. The fourth-order valence-corrected chi connectivity index (χ4v) is 2.38. The molecule has 0 aliphatic carbocycles. The highest BCUT2D eigenvalue weighted by Gasteiger charge is 2.12. The van der Waals surface area contributed by atoms with Gasteiger partial charge in [-0.3, -0.25) is 19.7 Å². The SMILES string of the molecule is O=C(CNC(=O)c1cccc([N+](=O)[O-])c1)Nc1ccc2oc(=O)ccc2c1. The van der Waals surface area contributed by atoms with Gasteiger partial charge in [0.05, 0.1) is 11.5 Å². The van der Waals surface area contributed by atoms with Gasteiger partial charge in [-0.05, 0) is 30.3 Å². The second-order valence-electron chi connectivity index (χ2n) is 5.55. The Hall–Kier alpha value is -4.01. The number of carbonyl (C=O) groups excluding carboxylic acids is 2. The third kappa shape index (κ3) is 4.34. The minimum absolute atomic E-state index is 0.0812. The van der Waals surface area contributed by atoms with Crippen molar-refractivity contribution in [2.24, 2.45) is 0 Å². The van der Waals surface area contributed by atoms with Crippen molar-refractivity contribution in [1.29, 1.82) is 0 Å². The normalized spacial score (nSPS) is 10.4. The minimum Gasteiger partial charge on any atom is -0.423 e. The fraction of sp³-hybridized carbons (Fsp3) is 0.0556. The lowest BCUT2D eigenvalue weighted by Crippen LogP contribution is -2.32. The van der Waals surface area contributed by atoms with Gasteiger partial charge in [0.1, 0.15) is 5.58 Å². The van der Waals surface area contributed by atoms with E-state index >= 15 is 0 Å². The third-order valence-electron chi connectivity index (χ3n) is 3.63. The number of rotatable bonds is 5. The van der Waals surface area contributed by atoms with Crippen LogP contribution in [0, 0.1) is 10.1 Å². The minimum atomic E-state index is -0.606. The quantitative estimate of drug-likeness (QED) is 0.403. The molecule has 0 atom stereocenters. The van der Waals surface area contributed by atoms with Crippen molar-refractivity contribution in [2.75, 3.05) is 11.9 Å². The number of non-ortho nitro benzene ring substituents is 1. The standard InChI is InChI=1S/C18H13N3O6/c22-16(10-19-18(24)12-2-1-3-14(9-12)21(25)26)20-13-5-6-15-11(8-13)4-7-17(23)27-15/h1-9H,10H2,(H,19,24)(H,20,22). The number of nitro groups is 1. The molecule has 0 aliphatic rings. The van der Waals surface area contributed by atoms with Gasteiger partial charge in [0.15, 0.2) is 0 Å². The van der Waals surface area contributed by atoms with Crippen molar-refractivity contribution in [3.05, 3.63) is 80.7 Å². The Morgan fingerprint density at radius 3 is 2.67 bits per heavy atom. The van der Waals surface area contributed by atoms with E-state index in [1.165, 1.54) is 24.3 Å². The van der Waals surface area contributed by atoms with E-state index in [-0.39, 0.29) is 17.8 Å². The highest BCUT2D eigenvalue weighted by atomic mass is 16.6. The van der Waals surface area contributed by atoms with Crippen LogP contribution >= 0.6 is 0 Å². The lowest BCUT2D eigenvalue weighted by atomic mass is 10.2. The molecule has 2 amide bonds. The Bertz CT molecular complexity index is 1110. The molecule has 3 rings (SSSR count). The van der Waals surface area contributed by atoms with E-state index in [1.807, 2.05) is 0 Å². The van der Waals surface area contributed by atoms with Crippen molar-refractivity contribution < 1.29 is 18.9 Å². The molecule has 136 valence electrons. The van der Waals surface area contributed by atoms with Gasteiger partial charge in [-0.15, -0.1) is 0 Å². The first kappa shape index (κ1) is 17.8. The van der Waals surface area contributed by atoms with Crippen molar-refractivity contribution in [3.8, 4) is 0 Å². The molecule has 3 aromatic rings. The maximum atomic E-state index is 12.0. The monoisotopic (exact) mass is 367 g/mol. The van der Waals surface area contributed by atoms with Crippen LogP contribution in [0.25, 0.3) is 11.0 Å². The van der Waals surface area contributed by atoms with Crippen molar-refractivity contribution in [2.45, 2.75) is 0 Å². The van der Waals surface area contributed by atoms with Crippen LogP contribution in [0.5, 0.6) is 0 Å². The first-order valence-corrected chi connectivity index (χ1v) is 7.79. The number of nitrogens with one attached hydrogen (secondary N) is 2. The van der Waals surface area contributed by atoms with Crippen LogP contribution in [-0.4, -0.2) is 23.3 Å². The summed E-state index contributed by atoms with van der Waals surface area (Å²) in [7, 11) is 0. The number of anilines is 1. The number of fused-ring (bicyclic) bond motifs is 1. The predicted octanol–water partition coefficient (Wildman–Crippen LogP) is 2.07. The number of carbonyl (C=O) groups is 2. The van der Waals surface area contributed by atoms with Gasteiger partial charge in [0.2, 0.25) is 5.91 Å². The summed E-state index contributed by atoms with van der Waals surface area (Å²) < 4.78 is 5.00. The molecule has 0 spiro atoms. The molecule has 0 aliphatic heterocycles. The average Bonchev–Trinajstić information content (AvgIpc) is 2.66. The molecule has 0 saturated carbocycles. The Kier molecular flexibility index (Phi) is 4.93. The molecule has 0 bridgehead atoms. The van der Waals surface area contributed by atoms with E-state index in [0.717, 1.165) is 6.07 Å². The molecule has 2 N–H and O–H groups in total. The zero-order valence-electron chi connectivity index (χ0n) is 13.8. The molecular formula is C18H13N3O6. The van der Waals surface area contributed by atoms with Gasteiger partial charge in [-0.25, -0.2) is 4.79 Å². The van der Waals surface area contributed by atoms with Gasteiger partial charge in [-0.2, -0.15) is 0 Å². The van der Waals surface area contributed by atoms with Gasteiger partial charge in [0.25, 0.3) is 11.6 Å². The Morgan fingerprint density at radius 2 is 1.89 bits per heavy atom. The summed E-state index contributed by atoms with van der Waals surface area (Å²) in [5.41, 5.74) is 0.251. The second kappa shape index (κ2) is 7.48. The van der Waals surface area contributed by atoms with Crippen LogP contribution in [0.1, 0.15) is 10.4 Å². The number of benzene rings is 2. The van der Waals surface area contributed by atoms with Crippen LogP contribution in [0.3, 0.4) is 0 Å². The molecule has 1 heterocycles. The molecular weight excluding hydrogens is 354 g/mol. The topological polar surface area (TPSA) is 132 Å². The predicted molar refractivity (Wildman–Crippen MR) is 96.5 cm³/mol. The largest absolute Gasteiger partial charge is 0.423 e. The van der Waals surface area contributed by atoms with Crippen LogP contribution in [-0.2, 0) is 4.79 Å². The lowest BCUT2D eigenvalue weighted by molar-refractivity contribution is -0.384. The average molecular weight is 367 g/mol. The molecule has 2 aromatic carbocycles. The molecule has 0 fully saturated rings. The molecule has 0 radical (unpaired) electrons. The van der Waals surface area contributed by atoms with Gasteiger partial charge in [-0.1, -0.05) is 6.07 Å². The summed E-state index contributed by atoms with van der Waals surface area (Å²) in [5.74, 6) is -1.08. The van der Waals surface area contributed by atoms with Crippen molar-refractivity contribution >= 4 is 34.2 Å². The summed E-state index contributed by atoms with van der Waals surface area (Å²) in [6.45, 7) is -0.316. The van der Waals surface area contributed by atoms with Crippen LogP contribution in [0.4, 0.5) is 11.4 Å². The van der Waals surface area contributed by atoms with E-state index in [2.05, 4.69) is 10.6 Å². The van der Waals surface area contributed by atoms with E-state index in [0.29, 0.717) is 16.7 Å². The number of hydrogen-bond donors (Lipinski definition) is 2. The first-order chi connectivity index (χ1) is 12.9. The lowest BCUT2D eigenvalue weighted by Gasteiger charge is -2.08. The van der Waals surface area contributed by atoms with E-state index < -0.39 is 22.4 Å². The summed E-state index contributed by atoms with van der Waals surface area (Å²) >= 11 is 0. The molecule has 1 aromatic heterocycles. The maximum absolute atomic E-state index is 12.0. The Morgan fingerprint density at radius 1 is 1.07 bits per heavy atom. The zero-order chi connectivity index (χ0) is 19.4. The fourth-order valence-electron chi connectivity index (χ4n) is 2.38. The molecule has 0 unspecified atom stereocenters. The Labute approximate surface area is 151 Å². The van der Waals surface area contributed by atoms with Gasteiger partial charge < -0.3 is 15.1 Å². The Balaban J connectivity index is 1.62. The molecule has 0 saturated heterocycles. The summed E-state index contributed by atoms with van der Waals surface area (Å²) in [6, 6.07) is 12.8. The molecule has 27 heavy (non-hydrogen) atoms. The molecule has 9 nitrogen and oxygen atoms in total. The third-order valence-corrected chi connectivity index (χ3v) is 3.63. The smallest absolute Gasteiger partial charge is 0.336 e. The maximum Gasteiger partial charge on any atom is 0.336 e. The van der Waals surface area contributed by atoms with Gasteiger partial charge >= 0.3 is 5.63 Å². The van der Waals surface area contributed by atoms with Crippen LogP contribution in [0.2, 0.25) is 0 Å². The summed E-state index contributed by atoms with van der Waals surface area (Å²) in [4.78, 5) is 45.3. The van der Waals surface area contributed by atoms with E-state index in [9.17, 15) is 24.5 Å². The highest BCUT2D eigenvalue weighted by Crippen LogP contribution is 2.17. The van der Waals surface area contributed by atoms with Crippen molar-refractivity contribution in [3.63, 3.8) is 0 Å². The number of nitro benzene ring substituents is 1. The van der Waals surface area contributed by atoms with Crippen LogP contribution in [0.15, 0.2) is 63.8 Å².